The highest BCUT2D eigenvalue weighted by Crippen LogP contribution is 2.71. The number of hydrogen-bond acceptors (Lipinski definition) is 5. The first-order chi connectivity index (χ1) is 18.0. The third kappa shape index (κ3) is 4.13. The molecule has 3 aliphatic rings. The fourth-order valence-corrected chi connectivity index (χ4v) is 9.20. The summed E-state index contributed by atoms with van der Waals surface area (Å²) in [7, 11) is 0. The van der Waals surface area contributed by atoms with Gasteiger partial charge in [0, 0.05) is 16.1 Å². The summed E-state index contributed by atoms with van der Waals surface area (Å²) in [6, 6.07) is 13.9. The highest BCUT2D eigenvalue weighted by atomic mass is 32.2. The van der Waals surface area contributed by atoms with Gasteiger partial charge in [0.25, 0.3) is 0 Å². The number of hydrogen-bond donors (Lipinski definition) is 3. The van der Waals surface area contributed by atoms with Crippen LogP contribution in [0.3, 0.4) is 0 Å². The standard InChI is InChI=1S/C30H37N3O4S/c1-17(2)22(16-34)33-25(27(36)32-21-15-18(3)11-12-19(21)4)30-14-13-29(5,38-30)23(24(30)28(33)37)26(35)31-20-9-7-6-8-10-20/h6-12,15,17,22-25,34H,13-14,16H2,1-5H3,(H,31,35)(H,32,36)/t22-,23-,24-,25?,29+,30?/m0/s1. The van der Waals surface area contributed by atoms with Crippen LogP contribution in [0.1, 0.15) is 44.7 Å². The third-order valence-corrected chi connectivity index (χ3v) is 10.7. The van der Waals surface area contributed by atoms with Gasteiger partial charge in [-0.2, -0.15) is 0 Å². The SMILES string of the molecule is Cc1ccc(C)c(NC(=O)C2N([C@@H](CO)C(C)C)C(=O)[C@@H]3[C@@H](C(=O)Nc4ccccc4)[C@@]4(C)CCC23S4)c1. The second-order valence-corrected chi connectivity index (χ2v) is 13.5. The molecule has 2 aromatic carbocycles. The van der Waals surface area contributed by atoms with Crippen LogP contribution < -0.4 is 10.6 Å². The van der Waals surface area contributed by atoms with Gasteiger partial charge in [-0.3, -0.25) is 14.4 Å². The number of para-hydroxylation sites is 1. The van der Waals surface area contributed by atoms with Crippen molar-refractivity contribution in [2.75, 3.05) is 17.2 Å². The van der Waals surface area contributed by atoms with Crippen LogP contribution in [0, 0.1) is 31.6 Å². The van der Waals surface area contributed by atoms with Crippen molar-refractivity contribution in [1.82, 2.24) is 4.90 Å². The summed E-state index contributed by atoms with van der Waals surface area (Å²) in [4.78, 5) is 43.9. The molecule has 0 saturated carbocycles. The average Bonchev–Trinajstić information content (AvgIpc) is 3.43. The topological polar surface area (TPSA) is 98.7 Å². The summed E-state index contributed by atoms with van der Waals surface area (Å²) in [6.45, 7) is 9.63. The Morgan fingerprint density at radius 2 is 1.79 bits per heavy atom. The monoisotopic (exact) mass is 535 g/mol. The molecule has 6 atom stereocenters. The lowest BCUT2D eigenvalue weighted by Crippen LogP contribution is -2.56. The van der Waals surface area contributed by atoms with Gasteiger partial charge in [0.1, 0.15) is 6.04 Å². The molecule has 202 valence electrons. The molecule has 1 spiro atoms. The molecule has 3 fully saturated rings. The predicted octanol–water partition coefficient (Wildman–Crippen LogP) is 4.38. The van der Waals surface area contributed by atoms with E-state index in [1.807, 2.05) is 76.2 Å². The minimum atomic E-state index is -0.791. The van der Waals surface area contributed by atoms with Gasteiger partial charge in [-0.1, -0.05) is 44.2 Å². The number of anilines is 2. The van der Waals surface area contributed by atoms with Crippen molar-refractivity contribution in [3.8, 4) is 0 Å². The van der Waals surface area contributed by atoms with Gasteiger partial charge in [0.2, 0.25) is 17.7 Å². The third-order valence-electron chi connectivity index (χ3n) is 8.75. The van der Waals surface area contributed by atoms with E-state index < -0.39 is 33.4 Å². The maximum absolute atomic E-state index is 14.3. The summed E-state index contributed by atoms with van der Waals surface area (Å²) in [5.41, 5.74) is 3.37. The van der Waals surface area contributed by atoms with Crippen molar-refractivity contribution in [3.05, 3.63) is 59.7 Å². The molecule has 7 nitrogen and oxygen atoms in total. The lowest BCUT2D eigenvalue weighted by molar-refractivity contribution is -0.142. The van der Waals surface area contributed by atoms with E-state index in [0.717, 1.165) is 23.2 Å². The molecule has 5 rings (SSSR count). The Hall–Kier alpha value is -2.84. The average molecular weight is 536 g/mol. The number of aliphatic hydroxyl groups excluding tert-OH is 1. The zero-order valence-electron chi connectivity index (χ0n) is 22.7. The van der Waals surface area contributed by atoms with Crippen molar-refractivity contribution in [3.63, 3.8) is 0 Å². The molecule has 3 heterocycles. The molecular weight excluding hydrogens is 498 g/mol. The highest BCUT2D eigenvalue weighted by Gasteiger charge is 2.77. The van der Waals surface area contributed by atoms with Crippen LogP contribution in [0.25, 0.3) is 0 Å². The Morgan fingerprint density at radius 1 is 1.08 bits per heavy atom. The Balaban J connectivity index is 1.56. The number of aryl methyl sites for hydroxylation is 2. The zero-order chi connectivity index (χ0) is 27.4. The first kappa shape index (κ1) is 26.8. The number of fused-ring (bicyclic) bond motifs is 1. The first-order valence-corrected chi connectivity index (χ1v) is 14.2. The molecule has 0 aromatic heterocycles. The fraction of sp³-hybridized carbons (Fsp3) is 0.500. The smallest absolute Gasteiger partial charge is 0.248 e. The van der Waals surface area contributed by atoms with E-state index in [-0.39, 0.29) is 30.2 Å². The number of amides is 3. The largest absolute Gasteiger partial charge is 0.394 e. The van der Waals surface area contributed by atoms with Crippen LogP contribution in [0.4, 0.5) is 11.4 Å². The maximum atomic E-state index is 14.3. The van der Waals surface area contributed by atoms with Crippen LogP contribution in [-0.4, -0.2) is 55.9 Å². The summed E-state index contributed by atoms with van der Waals surface area (Å²) < 4.78 is -1.20. The Kier molecular flexibility index (Phi) is 6.84. The molecule has 0 radical (unpaired) electrons. The molecule has 0 aliphatic carbocycles. The molecule has 3 amide bonds. The molecule has 3 aliphatic heterocycles. The van der Waals surface area contributed by atoms with E-state index in [2.05, 4.69) is 17.6 Å². The summed E-state index contributed by atoms with van der Waals surface area (Å²) in [5, 5.41) is 16.5. The molecule has 2 bridgehead atoms. The number of benzene rings is 2. The molecule has 3 saturated heterocycles. The normalized spacial score (nSPS) is 30.4. The maximum Gasteiger partial charge on any atom is 0.248 e. The van der Waals surface area contributed by atoms with Gasteiger partial charge in [-0.15, -0.1) is 11.8 Å². The molecule has 38 heavy (non-hydrogen) atoms. The van der Waals surface area contributed by atoms with Gasteiger partial charge in [0.15, 0.2) is 0 Å². The number of carbonyl (C=O) groups is 3. The number of aliphatic hydroxyl groups is 1. The molecular formula is C30H37N3O4S. The van der Waals surface area contributed by atoms with Crippen LogP contribution in [-0.2, 0) is 14.4 Å². The van der Waals surface area contributed by atoms with Crippen molar-refractivity contribution < 1.29 is 19.5 Å². The quantitative estimate of drug-likeness (QED) is 0.489. The Labute approximate surface area is 228 Å². The van der Waals surface area contributed by atoms with Crippen LogP contribution in [0.5, 0.6) is 0 Å². The summed E-state index contributed by atoms with van der Waals surface area (Å²) in [5.74, 6) is -1.94. The molecule has 3 N–H and O–H groups in total. The second-order valence-electron chi connectivity index (χ2n) is 11.6. The van der Waals surface area contributed by atoms with E-state index in [4.69, 9.17) is 0 Å². The number of rotatable bonds is 7. The Morgan fingerprint density at radius 3 is 2.45 bits per heavy atom. The van der Waals surface area contributed by atoms with Gasteiger partial charge in [0.05, 0.1) is 29.2 Å². The van der Waals surface area contributed by atoms with E-state index >= 15 is 0 Å². The van der Waals surface area contributed by atoms with Gasteiger partial charge < -0.3 is 20.6 Å². The lowest BCUT2D eigenvalue weighted by Gasteiger charge is -2.38. The van der Waals surface area contributed by atoms with Gasteiger partial charge >= 0.3 is 0 Å². The van der Waals surface area contributed by atoms with Gasteiger partial charge in [-0.05, 0) is 68.9 Å². The summed E-state index contributed by atoms with van der Waals surface area (Å²) >= 11 is 1.63. The summed E-state index contributed by atoms with van der Waals surface area (Å²) in [6.07, 6.45) is 1.40. The van der Waals surface area contributed by atoms with E-state index in [1.165, 1.54) is 0 Å². The predicted molar refractivity (Wildman–Crippen MR) is 151 cm³/mol. The van der Waals surface area contributed by atoms with Crippen molar-refractivity contribution in [2.24, 2.45) is 17.8 Å². The second kappa shape index (κ2) is 9.72. The van der Waals surface area contributed by atoms with Crippen LogP contribution in [0.15, 0.2) is 48.5 Å². The number of likely N-dealkylation sites (tertiary alicyclic amines) is 1. The minimum Gasteiger partial charge on any atom is -0.394 e. The van der Waals surface area contributed by atoms with Gasteiger partial charge in [-0.25, -0.2) is 0 Å². The molecule has 2 unspecified atom stereocenters. The number of nitrogens with zero attached hydrogens (tertiary/aromatic N) is 1. The van der Waals surface area contributed by atoms with Crippen molar-refractivity contribution in [1.29, 1.82) is 0 Å². The highest BCUT2D eigenvalue weighted by molar-refractivity contribution is 8.02. The zero-order valence-corrected chi connectivity index (χ0v) is 23.5. The van der Waals surface area contributed by atoms with Crippen LogP contribution in [0.2, 0.25) is 0 Å². The first-order valence-electron chi connectivity index (χ1n) is 13.4. The Bertz CT molecular complexity index is 1270. The van der Waals surface area contributed by atoms with E-state index in [0.29, 0.717) is 12.1 Å². The molecule has 2 aromatic rings. The minimum absolute atomic E-state index is 0.0652. The van der Waals surface area contributed by atoms with Crippen molar-refractivity contribution in [2.45, 2.75) is 69.0 Å². The van der Waals surface area contributed by atoms with E-state index in [9.17, 15) is 19.5 Å². The number of thioether (sulfide) groups is 1. The van der Waals surface area contributed by atoms with Crippen molar-refractivity contribution >= 4 is 40.9 Å². The fourth-order valence-electron chi connectivity index (χ4n) is 6.85. The number of nitrogens with one attached hydrogen (secondary N) is 2. The molecule has 8 heteroatoms. The number of carbonyl (C=O) groups excluding carboxylic acids is 3. The van der Waals surface area contributed by atoms with Crippen LogP contribution >= 0.6 is 11.8 Å². The lowest BCUT2D eigenvalue weighted by atomic mass is 9.66. The van der Waals surface area contributed by atoms with E-state index in [1.54, 1.807) is 16.7 Å².